The van der Waals surface area contributed by atoms with Crippen LogP contribution in [0.4, 0.5) is 23.1 Å². The van der Waals surface area contributed by atoms with Crippen LogP contribution in [0.15, 0.2) is 47.3 Å². The van der Waals surface area contributed by atoms with Crippen LogP contribution >= 0.6 is 23.9 Å². The molecule has 2 aromatic carbocycles. The third-order valence-electron chi connectivity index (χ3n) is 7.43. The lowest BCUT2D eigenvalue weighted by Crippen LogP contribution is -2.58. The predicted octanol–water partition coefficient (Wildman–Crippen LogP) is 4.72. The second-order valence-electron chi connectivity index (χ2n) is 10.3. The first kappa shape index (κ1) is 26.3. The number of anilines is 4. The van der Waals surface area contributed by atoms with Crippen molar-refractivity contribution in [3.05, 3.63) is 58.5 Å². The van der Waals surface area contributed by atoms with Gasteiger partial charge in [-0.2, -0.15) is 4.98 Å². The molecule has 2 aromatic heterocycles. The second kappa shape index (κ2) is 10.9. The van der Waals surface area contributed by atoms with Crippen LogP contribution in [-0.2, 0) is 13.0 Å². The maximum atomic E-state index is 5.79. The zero-order valence-corrected chi connectivity index (χ0v) is 25.1. The fourth-order valence-corrected chi connectivity index (χ4v) is 6.92. The molecule has 0 atom stereocenters. The van der Waals surface area contributed by atoms with E-state index in [4.69, 9.17) is 9.72 Å². The largest absolute Gasteiger partial charge is 0.495 e. The highest BCUT2D eigenvalue weighted by molar-refractivity contribution is 9.10. The molecule has 0 aliphatic carbocycles. The predicted molar refractivity (Wildman–Crippen MR) is 163 cm³/mol. The van der Waals surface area contributed by atoms with Gasteiger partial charge in [0.1, 0.15) is 11.6 Å². The number of fused-ring (bicyclic) bond motifs is 2. The van der Waals surface area contributed by atoms with Gasteiger partial charge in [-0.15, -0.1) is 0 Å². The minimum atomic E-state index is -0.450. The molecule has 0 spiro atoms. The first-order valence-electron chi connectivity index (χ1n) is 13.0. The summed E-state index contributed by atoms with van der Waals surface area (Å²) in [5.74, 6) is 1.96. The Balaban J connectivity index is 1.26. The van der Waals surface area contributed by atoms with Crippen LogP contribution in [0, 0.1) is 0 Å². The molecule has 0 radical (unpaired) electrons. The van der Waals surface area contributed by atoms with Crippen molar-refractivity contribution in [2.75, 3.05) is 57.8 Å². The molecule has 202 valence electrons. The maximum absolute atomic E-state index is 5.79. The summed E-state index contributed by atoms with van der Waals surface area (Å²) in [6.45, 7) is 8.78. The van der Waals surface area contributed by atoms with E-state index in [1.807, 2.05) is 12.1 Å². The van der Waals surface area contributed by atoms with E-state index in [1.54, 1.807) is 25.7 Å². The second-order valence-corrected chi connectivity index (χ2v) is 13.4. The lowest BCUT2D eigenvalue weighted by molar-refractivity contribution is 0.0434. The summed E-state index contributed by atoms with van der Waals surface area (Å²) >= 11 is 3.62. The standard InChI is InChI=1S/C28H32BrN8OP/c1-36-15-19(16-36)37-10-7-17-11-23(24(38-2)12-18(17)14-37)34-28-32-13-20(29)27(35-28)33-22-6-5-21-25(26(22)39(3)4)31-9-8-30-21/h5-6,8-9,11-13,19H,7,10,14-16H2,1-4H3,(H2,32,33,34,35). The third-order valence-corrected chi connectivity index (χ3v) is 9.36. The molecule has 11 heteroatoms. The molecule has 2 N–H and O–H groups in total. The number of methoxy groups -OCH3 is 1. The average Bonchev–Trinajstić information content (AvgIpc) is 2.92. The van der Waals surface area contributed by atoms with Gasteiger partial charge in [-0.1, -0.05) is 7.92 Å². The van der Waals surface area contributed by atoms with Gasteiger partial charge in [0.25, 0.3) is 0 Å². The summed E-state index contributed by atoms with van der Waals surface area (Å²) in [6, 6.07) is 9.05. The van der Waals surface area contributed by atoms with Crippen LogP contribution in [0.5, 0.6) is 5.75 Å². The third kappa shape index (κ3) is 5.31. The van der Waals surface area contributed by atoms with Crippen molar-refractivity contribution in [2.24, 2.45) is 0 Å². The number of nitrogens with one attached hydrogen (secondary N) is 2. The van der Waals surface area contributed by atoms with Gasteiger partial charge >= 0.3 is 0 Å². The number of aromatic nitrogens is 4. The zero-order valence-electron chi connectivity index (χ0n) is 22.6. The molecular formula is C28H32BrN8OP. The van der Waals surface area contributed by atoms with Gasteiger partial charge in [-0.25, -0.2) is 4.98 Å². The number of likely N-dealkylation sites (tertiary alicyclic amines) is 1. The number of hydrogen-bond donors (Lipinski definition) is 2. The number of likely N-dealkylation sites (N-methyl/N-ethyl adjacent to an activating group) is 1. The average molecular weight is 607 g/mol. The van der Waals surface area contributed by atoms with Crippen LogP contribution < -0.4 is 20.7 Å². The molecule has 0 saturated carbocycles. The molecule has 9 nitrogen and oxygen atoms in total. The molecular weight excluding hydrogens is 575 g/mol. The number of halogens is 1. The molecule has 4 heterocycles. The summed E-state index contributed by atoms with van der Waals surface area (Å²) in [5.41, 5.74) is 6.33. The Kier molecular flexibility index (Phi) is 7.37. The quantitative estimate of drug-likeness (QED) is 0.290. The van der Waals surface area contributed by atoms with Crippen LogP contribution in [0.25, 0.3) is 11.0 Å². The number of hydrogen-bond acceptors (Lipinski definition) is 9. The van der Waals surface area contributed by atoms with Crippen molar-refractivity contribution in [3.63, 3.8) is 0 Å². The van der Waals surface area contributed by atoms with Crippen LogP contribution in [0.1, 0.15) is 11.1 Å². The van der Waals surface area contributed by atoms with Crippen molar-refractivity contribution < 1.29 is 4.74 Å². The number of nitrogens with zero attached hydrogens (tertiary/aromatic N) is 6. The minimum absolute atomic E-state index is 0.450. The van der Waals surface area contributed by atoms with Crippen molar-refractivity contribution in [2.45, 2.75) is 19.0 Å². The fourth-order valence-electron chi connectivity index (χ4n) is 5.42. The van der Waals surface area contributed by atoms with E-state index in [0.717, 1.165) is 70.5 Å². The van der Waals surface area contributed by atoms with Crippen LogP contribution in [-0.4, -0.2) is 82.9 Å². The first-order chi connectivity index (χ1) is 18.9. The van der Waals surface area contributed by atoms with E-state index < -0.39 is 7.92 Å². The zero-order chi connectivity index (χ0) is 27.1. The van der Waals surface area contributed by atoms with Crippen molar-refractivity contribution in [3.8, 4) is 5.75 Å². The molecule has 0 bridgehead atoms. The molecule has 1 saturated heterocycles. The number of benzene rings is 2. The maximum Gasteiger partial charge on any atom is 0.229 e. The topological polar surface area (TPSA) is 91.3 Å². The summed E-state index contributed by atoms with van der Waals surface area (Å²) in [6.07, 6.45) is 6.25. The Morgan fingerprint density at radius 1 is 1.03 bits per heavy atom. The lowest BCUT2D eigenvalue weighted by atomic mass is 9.95. The highest BCUT2D eigenvalue weighted by Gasteiger charge is 2.31. The van der Waals surface area contributed by atoms with E-state index >= 15 is 0 Å². The van der Waals surface area contributed by atoms with E-state index in [0.29, 0.717) is 17.8 Å². The Morgan fingerprint density at radius 3 is 2.62 bits per heavy atom. The van der Waals surface area contributed by atoms with Crippen molar-refractivity contribution in [1.82, 2.24) is 29.7 Å². The van der Waals surface area contributed by atoms with E-state index in [-0.39, 0.29) is 0 Å². The normalized spacial score (nSPS) is 16.3. The Labute approximate surface area is 238 Å². The molecule has 4 aromatic rings. The fraction of sp³-hybridized carbons (Fsp3) is 0.357. The molecule has 2 aliphatic heterocycles. The SMILES string of the molecule is COc1cc2c(cc1Nc1ncc(Br)c(Nc3ccc4nccnc4c3P(C)C)n1)CCN(C1CN(C)C1)C2. The summed E-state index contributed by atoms with van der Waals surface area (Å²) in [5, 5.41) is 8.09. The van der Waals surface area contributed by atoms with E-state index in [2.05, 4.69) is 83.8 Å². The van der Waals surface area contributed by atoms with Gasteiger partial charge in [0, 0.05) is 61.8 Å². The number of rotatable bonds is 7. The van der Waals surface area contributed by atoms with Gasteiger partial charge in [0.15, 0.2) is 0 Å². The van der Waals surface area contributed by atoms with Gasteiger partial charge < -0.3 is 20.3 Å². The minimum Gasteiger partial charge on any atom is -0.495 e. The lowest BCUT2D eigenvalue weighted by Gasteiger charge is -2.45. The molecule has 6 rings (SSSR count). The highest BCUT2D eigenvalue weighted by Crippen LogP contribution is 2.36. The number of ether oxygens (including phenoxy) is 1. The van der Waals surface area contributed by atoms with E-state index in [9.17, 15) is 0 Å². The molecule has 39 heavy (non-hydrogen) atoms. The molecule has 2 aliphatic rings. The first-order valence-corrected chi connectivity index (χ1v) is 16.0. The summed E-state index contributed by atoms with van der Waals surface area (Å²) in [7, 11) is 3.44. The van der Waals surface area contributed by atoms with Crippen LogP contribution in [0.3, 0.4) is 0 Å². The van der Waals surface area contributed by atoms with Gasteiger partial charge in [-0.05, 0) is 78.1 Å². The summed E-state index contributed by atoms with van der Waals surface area (Å²) in [4.78, 5) is 23.4. The monoisotopic (exact) mass is 606 g/mol. The smallest absolute Gasteiger partial charge is 0.229 e. The van der Waals surface area contributed by atoms with Gasteiger partial charge in [-0.3, -0.25) is 14.9 Å². The van der Waals surface area contributed by atoms with E-state index in [1.165, 1.54) is 11.1 Å². The molecule has 0 unspecified atom stereocenters. The molecule has 0 amide bonds. The Hall–Kier alpha value is -2.91. The van der Waals surface area contributed by atoms with Crippen molar-refractivity contribution >= 4 is 63.3 Å². The summed E-state index contributed by atoms with van der Waals surface area (Å²) < 4.78 is 6.56. The Bertz CT molecular complexity index is 1530. The van der Waals surface area contributed by atoms with Crippen LogP contribution in [0.2, 0.25) is 0 Å². The van der Waals surface area contributed by atoms with Gasteiger partial charge in [0.05, 0.1) is 28.3 Å². The molecule has 1 fully saturated rings. The van der Waals surface area contributed by atoms with Gasteiger partial charge in [0.2, 0.25) is 5.95 Å². The highest BCUT2D eigenvalue weighted by atomic mass is 79.9. The van der Waals surface area contributed by atoms with Crippen molar-refractivity contribution in [1.29, 1.82) is 0 Å². The Morgan fingerprint density at radius 2 is 1.85 bits per heavy atom.